The highest BCUT2D eigenvalue weighted by Crippen LogP contribution is 2.33. The van der Waals surface area contributed by atoms with Gasteiger partial charge >= 0.3 is 0 Å². The Hall–Kier alpha value is -1.96. The van der Waals surface area contributed by atoms with E-state index in [2.05, 4.69) is 9.97 Å². The molecule has 2 heterocycles. The summed E-state index contributed by atoms with van der Waals surface area (Å²) in [5.74, 6) is 0.314. The summed E-state index contributed by atoms with van der Waals surface area (Å²) in [5.41, 5.74) is 7.43. The number of imidazole rings is 1. The topological polar surface area (TPSA) is 117 Å². The fourth-order valence-corrected chi connectivity index (χ4v) is 2.63. The number of anilines is 1. The molecule has 5 N–H and O–H groups in total. The van der Waals surface area contributed by atoms with E-state index in [0.717, 1.165) is 5.52 Å². The van der Waals surface area contributed by atoms with Crippen LogP contribution in [-0.4, -0.2) is 48.2 Å². The molecule has 1 aliphatic carbocycles. The standard InChI is InChI=1S/C13H16N4O3/c1-6(18)7-4-9(12(20)11(7)19)17-5-16-10-8(17)2-3-15-13(10)14/h2-6,9,11-12,18-20H,1H3,(H2,14,15). The highest BCUT2D eigenvalue weighted by atomic mass is 16.3. The molecular weight excluding hydrogens is 260 g/mol. The zero-order valence-corrected chi connectivity index (χ0v) is 10.9. The lowest BCUT2D eigenvalue weighted by atomic mass is 10.1. The molecule has 0 saturated carbocycles. The van der Waals surface area contributed by atoms with Crippen LogP contribution < -0.4 is 5.73 Å². The molecule has 0 spiro atoms. The maximum absolute atomic E-state index is 10.2. The van der Waals surface area contributed by atoms with Gasteiger partial charge in [-0.1, -0.05) is 6.08 Å². The summed E-state index contributed by atoms with van der Waals surface area (Å²) < 4.78 is 1.72. The Balaban J connectivity index is 2.10. The number of rotatable bonds is 2. The molecule has 20 heavy (non-hydrogen) atoms. The van der Waals surface area contributed by atoms with Crippen molar-refractivity contribution in [1.29, 1.82) is 0 Å². The van der Waals surface area contributed by atoms with Gasteiger partial charge in [0.2, 0.25) is 0 Å². The van der Waals surface area contributed by atoms with E-state index in [1.807, 2.05) is 0 Å². The lowest BCUT2D eigenvalue weighted by molar-refractivity contribution is 0.0238. The second-order valence-corrected chi connectivity index (χ2v) is 4.98. The van der Waals surface area contributed by atoms with Gasteiger partial charge < -0.3 is 25.6 Å². The van der Waals surface area contributed by atoms with Gasteiger partial charge in [-0.2, -0.15) is 0 Å². The van der Waals surface area contributed by atoms with Crippen LogP contribution >= 0.6 is 0 Å². The molecule has 0 aliphatic heterocycles. The van der Waals surface area contributed by atoms with Crippen molar-refractivity contribution in [3.63, 3.8) is 0 Å². The smallest absolute Gasteiger partial charge is 0.151 e. The molecule has 106 valence electrons. The van der Waals surface area contributed by atoms with E-state index in [0.29, 0.717) is 16.9 Å². The predicted octanol–water partition coefficient (Wildman–Crippen LogP) is -0.403. The van der Waals surface area contributed by atoms with E-state index >= 15 is 0 Å². The minimum absolute atomic E-state index is 0.314. The van der Waals surface area contributed by atoms with Crippen molar-refractivity contribution >= 4 is 16.9 Å². The summed E-state index contributed by atoms with van der Waals surface area (Å²) in [5, 5.41) is 29.8. The number of nitrogen functional groups attached to an aromatic ring is 1. The van der Waals surface area contributed by atoms with Crippen LogP contribution in [0.1, 0.15) is 13.0 Å². The molecule has 2 aromatic rings. The van der Waals surface area contributed by atoms with Crippen LogP contribution in [0.5, 0.6) is 0 Å². The highest BCUT2D eigenvalue weighted by molar-refractivity contribution is 5.84. The maximum Gasteiger partial charge on any atom is 0.151 e. The molecule has 4 atom stereocenters. The molecule has 0 saturated heterocycles. The van der Waals surface area contributed by atoms with Gasteiger partial charge in [0, 0.05) is 6.20 Å². The minimum atomic E-state index is -1.09. The first-order chi connectivity index (χ1) is 9.50. The van der Waals surface area contributed by atoms with Crippen LogP contribution in [0.4, 0.5) is 5.82 Å². The number of hydrogen-bond donors (Lipinski definition) is 4. The number of aliphatic hydroxyl groups is 3. The SMILES string of the molecule is CC(O)C1=CC(n2cnc3c(N)nccc32)C(O)C1O. The Bertz CT molecular complexity index is 679. The molecule has 1 aliphatic rings. The highest BCUT2D eigenvalue weighted by Gasteiger charge is 2.37. The fourth-order valence-electron chi connectivity index (χ4n) is 2.63. The molecule has 0 bridgehead atoms. The van der Waals surface area contributed by atoms with Crippen molar-refractivity contribution in [2.45, 2.75) is 31.3 Å². The first-order valence-electron chi connectivity index (χ1n) is 6.33. The first-order valence-corrected chi connectivity index (χ1v) is 6.33. The number of aliphatic hydroxyl groups excluding tert-OH is 3. The third kappa shape index (κ3) is 1.79. The summed E-state index contributed by atoms with van der Waals surface area (Å²) >= 11 is 0. The van der Waals surface area contributed by atoms with E-state index in [4.69, 9.17) is 5.73 Å². The number of aromatic nitrogens is 3. The lowest BCUT2D eigenvalue weighted by Gasteiger charge is -2.19. The third-order valence-electron chi connectivity index (χ3n) is 3.70. The van der Waals surface area contributed by atoms with Gasteiger partial charge in [0.25, 0.3) is 0 Å². The Morgan fingerprint density at radius 1 is 1.35 bits per heavy atom. The van der Waals surface area contributed by atoms with Crippen molar-refractivity contribution in [1.82, 2.24) is 14.5 Å². The van der Waals surface area contributed by atoms with Gasteiger partial charge in [0.1, 0.15) is 17.7 Å². The zero-order valence-electron chi connectivity index (χ0n) is 10.9. The molecule has 0 aromatic carbocycles. The quantitative estimate of drug-likeness (QED) is 0.554. The molecule has 0 fully saturated rings. The second kappa shape index (κ2) is 4.55. The molecule has 7 heteroatoms. The van der Waals surface area contributed by atoms with Crippen molar-refractivity contribution in [2.24, 2.45) is 0 Å². The van der Waals surface area contributed by atoms with Crippen molar-refractivity contribution in [2.75, 3.05) is 5.73 Å². The monoisotopic (exact) mass is 276 g/mol. The fraction of sp³-hybridized carbons (Fsp3) is 0.385. The van der Waals surface area contributed by atoms with Crippen LogP contribution in [0.15, 0.2) is 30.2 Å². The van der Waals surface area contributed by atoms with Crippen LogP contribution in [-0.2, 0) is 0 Å². The zero-order chi connectivity index (χ0) is 14.4. The summed E-state index contributed by atoms with van der Waals surface area (Å²) in [6.45, 7) is 1.55. The average molecular weight is 276 g/mol. The van der Waals surface area contributed by atoms with Crippen molar-refractivity contribution in [3.05, 3.63) is 30.2 Å². The number of hydrogen-bond acceptors (Lipinski definition) is 6. The maximum atomic E-state index is 10.2. The Labute approximate surface area is 115 Å². The number of fused-ring (bicyclic) bond motifs is 1. The largest absolute Gasteiger partial charge is 0.389 e. The number of pyridine rings is 1. The Kier molecular flexibility index (Phi) is 2.97. The van der Waals surface area contributed by atoms with Crippen molar-refractivity contribution < 1.29 is 15.3 Å². The molecule has 2 aromatic heterocycles. The summed E-state index contributed by atoms with van der Waals surface area (Å²) in [4.78, 5) is 8.14. The lowest BCUT2D eigenvalue weighted by Crippen LogP contribution is -2.31. The molecule has 4 unspecified atom stereocenters. The average Bonchev–Trinajstić information content (AvgIpc) is 2.94. The van der Waals surface area contributed by atoms with Crippen LogP contribution in [0.25, 0.3) is 11.0 Å². The van der Waals surface area contributed by atoms with Crippen molar-refractivity contribution in [3.8, 4) is 0 Å². The molecule has 0 amide bonds. The van der Waals surface area contributed by atoms with Gasteiger partial charge in [-0.3, -0.25) is 0 Å². The Morgan fingerprint density at radius 2 is 2.10 bits per heavy atom. The molecule has 3 rings (SSSR count). The predicted molar refractivity (Wildman–Crippen MR) is 72.8 cm³/mol. The second-order valence-electron chi connectivity index (χ2n) is 4.98. The van der Waals surface area contributed by atoms with E-state index in [-0.39, 0.29) is 0 Å². The van der Waals surface area contributed by atoms with Gasteiger partial charge in [-0.15, -0.1) is 0 Å². The minimum Gasteiger partial charge on any atom is -0.389 e. The summed E-state index contributed by atoms with van der Waals surface area (Å²) in [6, 6.07) is 1.24. The van der Waals surface area contributed by atoms with Crippen LogP contribution in [0, 0.1) is 0 Å². The summed E-state index contributed by atoms with van der Waals surface area (Å²) in [7, 11) is 0. The normalized spacial score (nSPS) is 27.8. The molecule has 7 nitrogen and oxygen atoms in total. The van der Waals surface area contributed by atoms with E-state index < -0.39 is 24.4 Å². The van der Waals surface area contributed by atoms with Gasteiger partial charge in [-0.25, -0.2) is 9.97 Å². The van der Waals surface area contributed by atoms with E-state index in [9.17, 15) is 15.3 Å². The van der Waals surface area contributed by atoms with Gasteiger partial charge in [0.15, 0.2) is 5.82 Å². The van der Waals surface area contributed by atoms with Gasteiger partial charge in [0.05, 0.1) is 24.0 Å². The first kappa shape index (κ1) is 13.0. The van der Waals surface area contributed by atoms with Crippen LogP contribution in [0.3, 0.4) is 0 Å². The third-order valence-corrected chi connectivity index (χ3v) is 3.70. The molecule has 0 radical (unpaired) electrons. The van der Waals surface area contributed by atoms with E-state index in [1.54, 1.807) is 36.2 Å². The Morgan fingerprint density at radius 3 is 2.75 bits per heavy atom. The molecular formula is C13H16N4O3. The van der Waals surface area contributed by atoms with E-state index in [1.165, 1.54) is 0 Å². The number of nitrogens with zero attached hydrogens (tertiary/aromatic N) is 3. The number of nitrogens with two attached hydrogens (primary N) is 1. The van der Waals surface area contributed by atoms with Crippen LogP contribution in [0.2, 0.25) is 0 Å². The van der Waals surface area contributed by atoms with Gasteiger partial charge in [-0.05, 0) is 18.6 Å². The summed E-state index contributed by atoms with van der Waals surface area (Å²) in [6.07, 6.45) is 1.84.